The molecule has 0 bridgehead atoms. The van der Waals surface area contributed by atoms with Crippen LogP contribution in [0.15, 0.2) is 28.9 Å². The number of rotatable bonds is 3. The lowest BCUT2D eigenvalue weighted by molar-refractivity contribution is -0.383. The van der Waals surface area contributed by atoms with E-state index in [9.17, 15) is 14.9 Å². The lowest BCUT2D eigenvalue weighted by atomic mass is 10.1. The van der Waals surface area contributed by atoms with E-state index in [0.29, 0.717) is 5.58 Å². The summed E-state index contributed by atoms with van der Waals surface area (Å²) in [6.07, 6.45) is 1.18. The Balaban J connectivity index is 2.65. The minimum Gasteiger partial charge on any atom is -0.463 e. The van der Waals surface area contributed by atoms with Gasteiger partial charge >= 0.3 is 5.97 Å². The monoisotopic (exact) mass is 235 g/mol. The second kappa shape index (κ2) is 4.25. The fraction of sp³-hybridized carbons (Fsp3) is 0.182. The molecule has 0 radical (unpaired) electrons. The van der Waals surface area contributed by atoms with E-state index in [1.54, 1.807) is 13.0 Å². The Morgan fingerprint density at radius 2 is 2.29 bits per heavy atom. The van der Waals surface area contributed by atoms with Crippen LogP contribution in [0, 0.1) is 10.1 Å². The highest BCUT2D eigenvalue weighted by molar-refractivity contribution is 6.06. The van der Waals surface area contributed by atoms with Crippen LogP contribution >= 0.6 is 0 Å². The number of carbonyl (C=O) groups is 1. The molecule has 88 valence electrons. The highest BCUT2D eigenvalue weighted by atomic mass is 16.6. The molecule has 0 saturated carbocycles. The minimum absolute atomic E-state index is 0.0779. The van der Waals surface area contributed by atoms with E-state index in [1.165, 1.54) is 18.4 Å². The van der Waals surface area contributed by atoms with Gasteiger partial charge in [0, 0.05) is 6.07 Å². The zero-order valence-corrected chi connectivity index (χ0v) is 9.00. The van der Waals surface area contributed by atoms with E-state index in [-0.39, 0.29) is 23.2 Å². The number of benzene rings is 1. The first-order valence-corrected chi connectivity index (χ1v) is 4.97. The Morgan fingerprint density at radius 1 is 1.53 bits per heavy atom. The number of esters is 1. The SMILES string of the molecule is CCOC(=O)c1coc2cccc([N+](=O)[O-])c12. The van der Waals surface area contributed by atoms with Gasteiger partial charge in [0.2, 0.25) is 0 Å². The van der Waals surface area contributed by atoms with Crippen LogP contribution in [0.3, 0.4) is 0 Å². The number of hydrogen-bond donors (Lipinski definition) is 0. The van der Waals surface area contributed by atoms with Crippen LogP contribution < -0.4 is 0 Å². The van der Waals surface area contributed by atoms with Crippen molar-refractivity contribution in [3.63, 3.8) is 0 Å². The molecule has 0 aliphatic rings. The zero-order chi connectivity index (χ0) is 12.4. The number of nitro benzene ring substituents is 1. The summed E-state index contributed by atoms with van der Waals surface area (Å²) in [4.78, 5) is 21.9. The summed E-state index contributed by atoms with van der Waals surface area (Å²) in [7, 11) is 0. The molecule has 0 aliphatic heterocycles. The van der Waals surface area contributed by atoms with Gasteiger partial charge in [-0.3, -0.25) is 10.1 Å². The summed E-state index contributed by atoms with van der Waals surface area (Å²) in [6.45, 7) is 1.86. The van der Waals surface area contributed by atoms with E-state index in [4.69, 9.17) is 9.15 Å². The average Bonchev–Trinajstić information content (AvgIpc) is 2.72. The molecule has 1 heterocycles. The third-order valence-electron chi connectivity index (χ3n) is 2.27. The van der Waals surface area contributed by atoms with Crippen LogP contribution in [-0.4, -0.2) is 17.5 Å². The molecule has 1 aromatic heterocycles. The average molecular weight is 235 g/mol. The molecule has 6 heteroatoms. The molecule has 17 heavy (non-hydrogen) atoms. The molecule has 0 N–H and O–H groups in total. The number of hydrogen-bond acceptors (Lipinski definition) is 5. The van der Waals surface area contributed by atoms with Crippen LogP contribution in [0.4, 0.5) is 5.69 Å². The lowest BCUT2D eigenvalue weighted by Gasteiger charge is -1.99. The van der Waals surface area contributed by atoms with Gasteiger partial charge in [-0.05, 0) is 13.0 Å². The van der Waals surface area contributed by atoms with Crippen LogP contribution in [0.5, 0.6) is 0 Å². The van der Waals surface area contributed by atoms with Crippen molar-refractivity contribution in [3.05, 3.63) is 40.1 Å². The fourth-order valence-electron chi connectivity index (χ4n) is 1.58. The molecule has 0 amide bonds. The van der Waals surface area contributed by atoms with Crippen molar-refractivity contribution in [2.24, 2.45) is 0 Å². The Labute approximate surface area is 95.9 Å². The topological polar surface area (TPSA) is 82.6 Å². The van der Waals surface area contributed by atoms with E-state index >= 15 is 0 Å². The van der Waals surface area contributed by atoms with Gasteiger partial charge < -0.3 is 9.15 Å². The fourth-order valence-corrected chi connectivity index (χ4v) is 1.58. The van der Waals surface area contributed by atoms with Crippen LogP contribution in [0.2, 0.25) is 0 Å². The second-order valence-corrected chi connectivity index (χ2v) is 3.28. The number of furan rings is 1. The Bertz CT molecular complexity index is 587. The zero-order valence-electron chi connectivity index (χ0n) is 9.00. The molecule has 6 nitrogen and oxygen atoms in total. The quantitative estimate of drug-likeness (QED) is 0.463. The van der Waals surface area contributed by atoms with E-state index in [0.717, 1.165) is 0 Å². The molecule has 0 saturated heterocycles. The molecular weight excluding hydrogens is 226 g/mol. The molecule has 2 aromatic rings. The summed E-state index contributed by atoms with van der Waals surface area (Å²) in [5.41, 5.74) is 0.204. The first-order chi connectivity index (χ1) is 8.15. The highest BCUT2D eigenvalue weighted by Gasteiger charge is 2.23. The maximum absolute atomic E-state index is 11.6. The largest absolute Gasteiger partial charge is 0.463 e. The lowest BCUT2D eigenvalue weighted by Crippen LogP contribution is -2.04. The van der Waals surface area contributed by atoms with Crippen LogP contribution in [-0.2, 0) is 4.74 Å². The number of non-ortho nitro benzene ring substituents is 1. The maximum Gasteiger partial charge on any atom is 0.342 e. The summed E-state index contributed by atoms with van der Waals surface area (Å²) >= 11 is 0. The molecule has 0 spiro atoms. The summed E-state index contributed by atoms with van der Waals surface area (Å²) < 4.78 is 9.91. The van der Waals surface area contributed by atoms with Gasteiger partial charge in [-0.2, -0.15) is 0 Å². The van der Waals surface area contributed by atoms with Crippen LogP contribution in [0.1, 0.15) is 17.3 Å². The smallest absolute Gasteiger partial charge is 0.342 e. The molecule has 0 atom stereocenters. The van der Waals surface area contributed by atoms with Gasteiger partial charge in [0.15, 0.2) is 0 Å². The first-order valence-electron chi connectivity index (χ1n) is 4.97. The molecule has 1 aromatic carbocycles. The van der Waals surface area contributed by atoms with Crippen molar-refractivity contribution in [2.75, 3.05) is 6.61 Å². The van der Waals surface area contributed by atoms with Crippen LogP contribution in [0.25, 0.3) is 11.0 Å². The summed E-state index contributed by atoms with van der Waals surface area (Å²) in [5.74, 6) is -0.624. The Hall–Kier alpha value is -2.37. The van der Waals surface area contributed by atoms with E-state index < -0.39 is 10.9 Å². The Morgan fingerprint density at radius 3 is 2.94 bits per heavy atom. The molecular formula is C11H9NO5. The third-order valence-corrected chi connectivity index (χ3v) is 2.27. The number of ether oxygens (including phenoxy) is 1. The van der Waals surface area contributed by atoms with Gasteiger partial charge in [-0.15, -0.1) is 0 Å². The first kappa shape index (κ1) is 11.1. The number of carbonyl (C=O) groups excluding carboxylic acids is 1. The van der Waals surface area contributed by atoms with Gasteiger partial charge in [0.1, 0.15) is 22.8 Å². The molecule has 0 unspecified atom stereocenters. The predicted molar refractivity (Wildman–Crippen MR) is 58.8 cm³/mol. The van der Waals surface area contributed by atoms with E-state index in [2.05, 4.69) is 0 Å². The number of nitrogens with zero attached hydrogens (tertiary/aromatic N) is 1. The van der Waals surface area contributed by atoms with Gasteiger partial charge in [-0.1, -0.05) is 6.07 Å². The van der Waals surface area contributed by atoms with Crippen molar-refractivity contribution in [1.82, 2.24) is 0 Å². The van der Waals surface area contributed by atoms with Crippen molar-refractivity contribution in [1.29, 1.82) is 0 Å². The third kappa shape index (κ3) is 1.84. The van der Waals surface area contributed by atoms with Gasteiger partial charge in [-0.25, -0.2) is 4.79 Å². The number of nitro groups is 1. The molecule has 0 fully saturated rings. The maximum atomic E-state index is 11.6. The molecule has 2 rings (SSSR count). The minimum atomic E-state index is -0.624. The van der Waals surface area contributed by atoms with Crippen molar-refractivity contribution >= 4 is 22.6 Å². The highest BCUT2D eigenvalue weighted by Crippen LogP contribution is 2.30. The standard InChI is InChI=1S/C11H9NO5/c1-2-16-11(13)7-6-17-9-5-3-4-8(10(7)9)12(14)15/h3-6H,2H2,1H3. The van der Waals surface area contributed by atoms with E-state index in [1.807, 2.05) is 0 Å². The molecule has 0 aliphatic carbocycles. The van der Waals surface area contributed by atoms with Gasteiger partial charge in [0.25, 0.3) is 5.69 Å². The number of fused-ring (bicyclic) bond motifs is 1. The Kier molecular flexibility index (Phi) is 2.78. The summed E-state index contributed by atoms with van der Waals surface area (Å²) in [5, 5.41) is 11.0. The van der Waals surface area contributed by atoms with Crippen molar-refractivity contribution < 1.29 is 18.9 Å². The predicted octanol–water partition coefficient (Wildman–Crippen LogP) is 2.52. The summed E-state index contributed by atoms with van der Waals surface area (Å²) in [6, 6.07) is 4.38. The van der Waals surface area contributed by atoms with Gasteiger partial charge in [0.05, 0.1) is 11.5 Å². The normalized spacial score (nSPS) is 10.4. The van der Waals surface area contributed by atoms with Crippen molar-refractivity contribution in [3.8, 4) is 0 Å². The van der Waals surface area contributed by atoms with Crippen molar-refractivity contribution in [2.45, 2.75) is 6.92 Å². The second-order valence-electron chi connectivity index (χ2n) is 3.28.